The van der Waals surface area contributed by atoms with Gasteiger partial charge in [-0.25, -0.2) is 0 Å². The van der Waals surface area contributed by atoms with Crippen LogP contribution in [0.3, 0.4) is 0 Å². The molecule has 0 aromatic heterocycles. The number of rotatable bonds is 8. The smallest absolute Gasteiger partial charge is 0.350 e. The fraction of sp³-hybridized carbons (Fsp3) is 0.360. The molecule has 16 heteroatoms. The number of hydrogen-bond donors (Lipinski definition) is 2. The third-order valence-electron chi connectivity index (χ3n) is 5.32. The summed E-state index contributed by atoms with van der Waals surface area (Å²) in [7, 11) is 0. The number of alkyl halides is 9. The number of hydrogen-bond acceptors (Lipinski definition) is 2. The molecule has 2 rings (SSSR count). The molecule has 0 saturated carbocycles. The van der Waals surface area contributed by atoms with Gasteiger partial charge in [0.05, 0.1) is 37.7 Å². The highest BCUT2D eigenvalue weighted by Crippen LogP contribution is 2.41. The molecule has 0 bridgehead atoms. The topological polar surface area (TPSA) is 58.2 Å². The van der Waals surface area contributed by atoms with Crippen LogP contribution in [0.1, 0.15) is 53.2 Å². The minimum absolute atomic E-state index is 0.183. The second-order valence-electron chi connectivity index (χ2n) is 9.39. The van der Waals surface area contributed by atoms with E-state index in [-0.39, 0.29) is 20.6 Å². The van der Waals surface area contributed by atoms with Crippen LogP contribution >= 0.6 is 34.8 Å². The molecule has 2 aromatic rings. The molecule has 0 fully saturated rings. The van der Waals surface area contributed by atoms with E-state index in [4.69, 9.17) is 34.8 Å². The van der Waals surface area contributed by atoms with E-state index < -0.39 is 71.5 Å². The lowest BCUT2D eigenvalue weighted by molar-refractivity contribution is -0.154. The van der Waals surface area contributed by atoms with Gasteiger partial charge in [-0.2, -0.15) is 39.5 Å². The monoisotopic (exact) mass is 656 g/mol. The number of benzene rings is 2. The summed E-state index contributed by atoms with van der Waals surface area (Å²) in [4.78, 5) is 24.1. The molecular formula is C25H20Cl3F9N2O2. The van der Waals surface area contributed by atoms with Gasteiger partial charge in [0.25, 0.3) is 5.91 Å². The number of amides is 2. The molecule has 0 radical (unpaired) electrons. The maximum Gasteiger partial charge on any atom is 0.417 e. The Hall–Kier alpha value is -2.64. The van der Waals surface area contributed by atoms with Crippen molar-refractivity contribution < 1.29 is 49.1 Å². The number of allylic oxidation sites excluding steroid dienone is 1. The first-order valence-corrected chi connectivity index (χ1v) is 12.4. The van der Waals surface area contributed by atoms with E-state index in [1.54, 1.807) is 0 Å². The molecule has 2 N–H and O–H groups in total. The summed E-state index contributed by atoms with van der Waals surface area (Å²) in [5, 5.41) is 3.40. The Kier molecular flexibility index (Phi) is 10.7. The van der Waals surface area contributed by atoms with Crippen molar-refractivity contribution in [2.75, 3.05) is 6.54 Å². The molecule has 4 nitrogen and oxygen atoms in total. The van der Waals surface area contributed by atoms with Gasteiger partial charge in [-0.3, -0.25) is 9.59 Å². The second kappa shape index (κ2) is 12.7. The van der Waals surface area contributed by atoms with Crippen LogP contribution in [-0.2, 0) is 11.0 Å². The van der Waals surface area contributed by atoms with Gasteiger partial charge in [0.2, 0.25) is 5.91 Å². The molecule has 2 aromatic carbocycles. The van der Waals surface area contributed by atoms with Crippen molar-refractivity contribution >= 4 is 52.7 Å². The first-order chi connectivity index (χ1) is 18.5. The Morgan fingerprint density at radius 1 is 0.902 bits per heavy atom. The first kappa shape index (κ1) is 34.6. The predicted molar refractivity (Wildman–Crippen MR) is 136 cm³/mol. The zero-order valence-electron chi connectivity index (χ0n) is 20.9. The van der Waals surface area contributed by atoms with Crippen molar-refractivity contribution in [3.63, 3.8) is 0 Å². The van der Waals surface area contributed by atoms with Gasteiger partial charge >= 0.3 is 18.5 Å². The van der Waals surface area contributed by atoms with E-state index >= 15 is 0 Å². The molecule has 0 spiro atoms. The normalized spacial score (nSPS) is 13.8. The fourth-order valence-corrected chi connectivity index (χ4v) is 4.13. The molecule has 2 amide bonds. The highest BCUT2D eigenvalue weighted by Gasteiger charge is 2.40. The minimum Gasteiger partial charge on any atom is -0.350 e. The van der Waals surface area contributed by atoms with E-state index in [9.17, 15) is 49.1 Å². The molecule has 0 heterocycles. The third-order valence-corrected chi connectivity index (χ3v) is 6.52. The molecule has 0 aliphatic heterocycles. The standard InChI is InChI=1S/C25H20Cl3F9N2O2/c1-22(2,39-19(40)10-23(29,30)31)11-38-21(41)14-5-3-12(7-16(14)25(35,36)37)4-6-15(24(32,33)34)13-8-17(26)20(28)18(27)9-13/h3-9,15H,10-11H2,1-2H3,(H,38,41)(H,39,40)/b6-4+. The van der Waals surface area contributed by atoms with Crippen LogP contribution in [0.4, 0.5) is 39.5 Å². The number of carbonyl (C=O) groups is 2. The van der Waals surface area contributed by atoms with Crippen LogP contribution in [-0.4, -0.2) is 36.3 Å². The largest absolute Gasteiger partial charge is 0.417 e. The lowest BCUT2D eigenvalue weighted by Gasteiger charge is -2.27. The second-order valence-corrected chi connectivity index (χ2v) is 10.6. The van der Waals surface area contributed by atoms with E-state index in [0.717, 1.165) is 30.3 Å². The molecule has 226 valence electrons. The van der Waals surface area contributed by atoms with Crippen molar-refractivity contribution in [1.82, 2.24) is 10.6 Å². The zero-order chi connectivity index (χ0) is 31.6. The minimum atomic E-state index is -5.12. The Labute approximate surface area is 242 Å². The molecule has 0 aliphatic rings. The van der Waals surface area contributed by atoms with E-state index in [2.05, 4.69) is 5.32 Å². The average Bonchev–Trinajstić information content (AvgIpc) is 2.78. The van der Waals surface area contributed by atoms with Crippen molar-refractivity contribution in [3.8, 4) is 0 Å². The van der Waals surface area contributed by atoms with Crippen molar-refractivity contribution in [1.29, 1.82) is 0 Å². The Balaban J connectivity index is 2.33. The highest BCUT2D eigenvalue weighted by atomic mass is 35.5. The molecular weight excluding hydrogens is 638 g/mol. The van der Waals surface area contributed by atoms with Gasteiger partial charge in [0, 0.05) is 6.54 Å². The molecule has 0 saturated heterocycles. The summed E-state index contributed by atoms with van der Waals surface area (Å²) in [5.41, 5.74) is -4.63. The quantitative estimate of drug-likeness (QED) is 0.221. The summed E-state index contributed by atoms with van der Waals surface area (Å²) < 4.78 is 120. The summed E-state index contributed by atoms with van der Waals surface area (Å²) in [6, 6.07) is 3.98. The summed E-state index contributed by atoms with van der Waals surface area (Å²) in [6.45, 7) is 1.92. The van der Waals surface area contributed by atoms with Gasteiger partial charge in [0.1, 0.15) is 6.42 Å². The highest BCUT2D eigenvalue weighted by molar-refractivity contribution is 6.48. The summed E-state index contributed by atoms with van der Waals surface area (Å²) in [5.74, 6) is -5.03. The molecule has 1 atom stereocenters. The number of carbonyl (C=O) groups excluding carboxylic acids is 2. The van der Waals surface area contributed by atoms with E-state index in [1.807, 2.05) is 5.32 Å². The van der Waals surface area contributed by atoms with E-state index in [0.29, 0.717) is 12.1 Å². The van der Waals surface area contributed by atoms with Gasteiger partial charge in [-0.05, 0) is 49.2 Å². The van der Waals surface area contributed by atoms with Crippen LogP contribution in [0, 0.1) is 0 Å². The number of nitrogens with one attached hydrogen (secondary N) is 2. The van der Waals surface area contributed by atoms with E-state index in [1.165, 1.54) is 13.8 Å². The molecule has 1 unspecified atom stereocenters. The van der Waals surface area contributed by atoms with Crippen LogP contribution < -0.4 is 10.6 Å². The van der Waals surface area contributed by atoms with Gasteiger partial charge in [0.15, 0.2) is 0 Å². The Morgan fingerprint density at radius 3 is 1.95 bits per heavy atom. The SMILES string of the molecule is CC(C)(CNC(=O)c1ccc(/C=C/C(c2cc(Cl)c(Cl)c(Cl)c2)C(F)(F)F)cc1C(F)(F)F)NC(=O)CC(F)(F)F. The Bertz CT molecular complexity index is 1300. The first-order valence-electron chi connectivity index (χ1n) is 11.3. The lowest BCUT2D eigenvalue weighted by atomic mass is 9.96. The van der Waals surface area contributed by atoms with Gasteiger partial charge < -0.3 is 10.6 Å². The third kappa shape index (κ3) is 10.3. The maximum atomic E-state index is 13.8. The molecule has 41 heavy (non-hydrogen) atoms. The summed E-state index contributed by atoms with van der Waals surface area (Å²) in [6.07, 6.45) is -15.3. The van der Waals surface area contributed by atoms with Crippen molar-refractivity contribution in [3.05, 3.63) is 73.7 Å². The predicted octanol–water partition coefficient (Wildman–Crippen LogP) is 8.60. The van der Waals surface area contributed by atoms with Crippen LogP contribution in [0.25, 0.3) is 6.08 Å². The lowest BCUT2D eigenvalue weighted by Crippen LogP contribution is -2.52. The zero-order valence-corrected chi connectivity index (χ0v) is 23.2. The van der Waals surface area contributed by atoms with Gasteiger partial charge in [-0.1, -0.05) is 53.0 Å². The van der Waals surface area contributed by atoms with Crippen molar-refractivity contribution in [2.45, 2.75) is 50.3 Å². The van der Waals surface area contributed by atoms with Gasteiger partial charge in [-0.15, -0.1) is 0 Å². The van der Waals surface area contributed by atoms with Crippen LogP contribution in [0.2, 0.25) is 15.1 Å². The average molecular weight is 658 g/mol. The fourth-order valence-electron chi connectivity index (χ4n) is 3.51. The molecule has 0 aliphatic carbocycles. The number of halogens is 12. The summed E-state index contributed by atoms with van der Waals surface area (Å²) >= 11 is 17.4. The Morgan fingerprint density at radius 2 is 1.46 bits per heavy atom. The van der Waals surface area contributed by atoms with Crippen LogP contribution in [0.15, 0.2) is 36.4 Å². The maximum absolute atomic E-state index is 13.8. The van der Waals surface area contributed by atoms with Crippen LogP contribution in [0.5, 0.6) is 0 Å². The van der Waals surface area contributed by atoms with Crippen molar-refractivity contribution in [2.24, 2.45) is 0 Å².